The van der Waals surface area contributed by atoms with Gasteiger partial charge in [0.1, 0.15) is 11.6 Å². The monoisotopic (exact) mass is 301 g/mol. The van der Waals surface area contributed by atoms with Crippen LogP contribution in [0.4, 0.5) is 4.39 Å². The molecule has 1 aliphatic rings. The molecule has 0 bridgehead atoms. The summed E-state index contributed by atoms with van der Waals surface area (Å²) < 4.78 is 13.0. The number of piperidine rings is 1. The van der Waals surface area contributed by atoms with E-state index in [-0.39, 0.29) is 11.7 Å². The van der Waals surface area contributed by atoms with E-state index in [1.54, 1.807) is 24.5 Å². The number of halogens is 1. The van der Waals surface area contributed by atoms with Crippen molar-refractivity contribution >= 4 is 0 Å². The van der Waals surface area contributed by atoms with Crippen molar-refractivity contribution in [2.45, 2.75) is 25.5 Å². The highest BCUT2D eigenvalue weighted by Gasteiger charge is 2.26. The minimum atomic E-state index is -0.518. The molecule has 1 aliphatic heterocycles. The standard InChI is InChI=1S/C17H20FN3O/c18-15-4-2-13(3-5-15)17(22)14-6-10-21(11-7-14)12-16-19-8-1-9-20-16/h1-5,8-9,14,17,22H,6-7,10-12H2/t17-/m1/s1. The first kappa shape index (κ1) is 15.1. The smallest absolute Gasteiger partial charge is 0.142 e. The summed E-state index contributed by atoms with van der Waals surface area (Å²) in [6.45, 7) is 2.59. The summed E-state index contributed by atoms with van der Waals surface area (Å²) in [5, 5.41) is 10.4. The van der Waals surface area contributed by atoms with Crippen LogP contribution in [0.15, 0.2) is 42.7 Å². The van der Waals surface area contributed by atoms with Crippen molar-refractivity contribution in [3.05, 3.63) is 59.9 Å². The highest BCUT2D eigenvalue weighted by Crippen LogP contribution is 2.31. The van der Waals surface area contributed by atoms with Gasteiger partial charge in [-0.15, -0.1) is 0 Å². The van der Waals surface area contributed by atoms with Crippen LogP contribution in [0.5, 0.6) is 0 Å². The van der Waals surface area contributed by atoms with Gasteiger partial charge in [0.05, 0.1) is 12.6 Å². The van der Waals surface area contributed by atoms with Crippen molar-refractivity contribution < 1.29 is 9.50 Å². The zero-order valence-electron chi connectivity index (χ0n) is 12.4. The molecule has 1 fully saturated rings. The van der Waals surface area contributed by atoms with E-state index < -0.39 is 6.10 Å². The zero-order chi connectivity index (χ0) is 15.4. The molecule has 1 aromatic carbocycles. The minimum Gasteiger partial charge on any atom is -0.388 e. The average molecular weight is 301 g/mol. The van der Waals surface area contributed by atoms with Gasteiger partial charge in [-0.2, -0.15) is 0 Å². The van der Waals surface area contributed by atoms with E-state index in [0.717, 1.165) is 43.9 Å². The Labute approximate surface area is 129 Å². The summed E-state index contributed by atoms with van der Waals surface area (Å²) >= 11 is 0. The molecule has 1 atom stereocenters. The normalized spacial score (nSPS) is 18.3. The number of aliphatic hydroxyl groups is 1. The van der Waals surface area contributed by atoms with Crippen LogP contribution in [-0.2, 0) is 6.54 Å². The topological polar surface area (TPSA) is 49.2 Å². The first-order valence-corrected chi connectivity index (χ1v) is 7.64. The minimum absolute atomic E-state index is 0.221. The van der Waals surface area contributed by atoms with Crippen molar-refractivity contribution in [2.24, 2.45) is 5.92 Å². The Morgan fingerprint density at radius 2 is 1.77 bits per heavy atom. The second-order valence-electron chi connectivity index (χ2n) is 5.77. The predicted molar refractivity (Wildman–Crippen MR) is 81.4 cm³/mol. The third kappa shape index (κ3) is 3.67. The maximum absolute atomic E-state index is 13.0. The number of likely N-dealkylation sites (tertiary alicyclic amines) is 1. The second-order valence-corrected chi connectivity index (χ2v) is 5.77. The molecular weight excluding hydrogens is 281 g/mol. The van der Waals surface area contributed by atoms with Crippen LogP contribution in [0.1, 0.15) is 30.3 Å². The molecule has 0 amide bonds. The Bertz CT molecular complexity index is 583. The van der Waals surface area contributed by atoms with Crippen LogP contribution in [0, 0.1) is 11.7 Å². The predicted octanol–water partition coefficient (Wildman–Crippen LogP) is 2.56. The van der Waals surface area contributed by atoms with Crippen LogP contribution < -0.4 is 0 Å². The van der Waals surface area contributed by atoms with Gasteiger partial charge in [0, 0.05) is 12.4 Å². The third-order valence-electron chi connectivity index (χ3n) is 4.27. The molecule has 0 spiro atoms. The summed E-state index contributed by atoms with van der Waals surface area (Å²) in [4.78, 5) is 10.8. The Hall–Kier alpha value is -1.85. The van der Waals surface area contributed by atoms with Gasteiger partial charge in [0.25, 0.3) is 0 Å². The van der Waals surface area contributed by atoms with E-state index in [0.29, 0.717) is 0 Å². The summed E-state index contributed by atoms with van der Waals surface area (Å²) in [6, 6.07) is 7.96. The van der Waals surface area contributed by atoms with E-state index in [1.807, 2.05) is 6.07 Å². The number of nitrogens with zero attached hydrogens (tertiary/aromatic N) is 3. The van der Waals surface area contributed by atoms with E-state index in [9.17, 15) is 9.50 Å². The maximum Gasteiger partial charge on any atom is 0.142 e. The Balaban J connectivity index is 1.54. The largest absolute Gasteiger partial charge is 0.388 e. The molecule has 22 heavy (non-hydrogen) atoms. The first-order chi connectivity index (χ1) is 10.7. The lowest BCUT2D eigenvalue weighted by atomic mass is 9.87. The summed E-state index contributed by atoms with van der Waals surface area (Å²) in [5.74, 6) is 0.784. The molecule has 1 aromatic heterocycles. The first-order valence-electron chi connectivity index (χ1n) is 7.64. The number of hydrogen-bond donors (Lipinski definition) is 1. The van der Waals surface area contributed by atoms with Crippen LogP contribution >= 0.6 is 0 Å². The van der Waals surface area contributed by atoms with Gasteiger partial charge in [-0.05, 0) is 55.6 Å². The van der Waals surface area contributed by atoms with Crippen LogP contribution in [0.2, 0.25) is 0 Å². The summed E-state index contributed by atoms with van der Waals surface area (Å²) in [7, 11) is 0. The Morgan fingerprint density at radius 3 is 2.41 bits per heavy atom. The van der Waals surface area contributed by atoms with Crippen molar-refractivity contribution in [3.8, 4) is 0 Å². The number of hydrogen-bond acceptors (Lipinski definition) is 4. The fraction of sp³-hybridized carbons (Fsp3) is 0.412. The number of rotatable bonds is 4. The quantitative estimate of drug-likeness (QED) is 0.943. The lowest BCUT2D eigenvalue weighted by molar-refractivity contribution is 0.0560. The van der Waals surface area contributed by atoms with Gasteiger partial charge in [0.2, 0.25) is 0 Å². The van der Waals surface area contributed by atoms with Crippen LogP contribution in [0.25, 0.3) is 0 Å². The number of benzene rings is 1. The average Bonchev–Trinajstić information content (AvgIpc) is 2.57. The van der Waals surface area contributed by atoms with Crippen LogP contribution in [0.3, 0.4) is 0 Å². The molecule has 116 valence electrons. The Kier molecular flexibility index (Phi) is 4.75. The highest BCUT2D eigenvalue weighted by atomic mass is 19.1. The zero-order valence-corrected chi connectivity index (χ0v) is 12.4. The molecule has 0 radical (unpaired) electrons. The highest BCUT2D eigenvalue weighted by molar-refractivity contribution is 5.19. The lowest BCUT2D eigenvalue weighted by Crippen LogP contribution is -2.35. The molecule has 1 saturated heterocycles. The number of aromatic nitrogens is 2. The maximum atomic E-state index is 13.0. The van der Waals surface area contributed by atoms with Crippen molar-refractivity contribution in [1.82, 2.24) is 14.9 Å². The van der Waals surface area contributed by atoms with E-state index >= 15 is 0 Å². The van der Waals surface area contributed by atoms with Gasteiger partial charge < -0.3 is 5.11 Å². The van der Waals surface area contributed by atoms with E-state index in [2.05, 4.69) is 14.9 Å². The van der Waals surface area contributed by atoms with E-state index in [1.165, 1.54) is 12.1 Å². The second kappa shape index (κ2) is 6.94. The van der Waals surface area contributed by atoms with E-state index in [4.69, 9.17) is 0 Å². The van der Waals surface area contributed by atoms with Crippen molar-refractivity contribution in [1.29, 1.82) is 0 Å². The lowest BCUT2D eigenvalue weighted by Gasteiger charge is -2.33. The molecule has 2 aromatic rings. The molecule has 5 heteroatoms. The molecular formula is C17H20FN3O. The third-order valence-corrected chi connectivity index (χ3v) is 4.27. The molecule has 4 nitrogen and oxygen atoms in total. The Morgan fingerprint density at radius 1 is 1.14 bits per heavy atom. The van der Waals surface area contributed by atoms with Crippen LogP contribution in [-0.4, -0.2) is 33.1 Å². The van der Waals surface area contributed by atoms with Crippen molar-refractivity contribution in [2.75, 3.05) is 13.1 Å². The van der Waals surface area contributed by atoms with Gasteiger partial charge >= 0.3 is 0 Å². The summed E-state index contributed by atoms with van der Waals surface area (Å²) in [5.41, 5.74) is 0.797. The van der Waals surface area contributed by atoms with Crippen molar-refractivity contribution in [3.63, 3.8) is 0 Å². The fourth-order valence-electron chi connectivity index (χ4n) is 2.97. The molecule has 0 unspecified atom stereocenters. The SMILES string of the molecule is O[C@H](c1ccc(F)cc1)C1CCN(Cc2ncccn2)CC1. The fourth-order valence-corrected chi connectivity index (χ4v) is 2.97. The summed E-state index contributed by atoms with van der Waals surface area (Å²) in [6.07, 6.45) is 4.84. The van der Waals surface area contributed by atoms with Gasteiger partial charge in [-0.25, -0.2) is 14.4 Å². The number of aliphatic hydroxyl groups excluding tert-OH is 1. The molecule has 0 aliphatic carbocycles. The van der Waals surface area contributed by atoms with Gasteiger partial charge in [-0.1, -0.05) is 12.1 Å². The van der Waals surface area contributed by atoms with Gasteiger partial charge in [0.15, 0.2) is 0 Å². The molecule has 1 N–H and O–H groups in total. The molecule has 2 heterocycles. The molecule has 0 saturated carbocycles. The molecule has 3 rings (SSSR count). The van der Waals surface area contributed by atoms with Gasteiger partial charge in [-0.3, -0.25) is 4.90 Å².